The molecular weight excluding hydrogens is 230 g/mol. The van der Waals surface area contributed by atoms with Crippen molar-refractivity contribution in [2.45, 2.75) is 26.8 Å². The highest BCUT2D eigenvalue weighted by molar-refractivity contribution is 5.72. The van der Waals surface area contributed by atoms with Crippen molar-refractivity contribution >= 4 is 5.97 Å². The smallest absolute Gasteiger partial charge is 0.320 e. The third-order valence-electron chi connectivity index (χ3n) is 2.93. The summed E-state index contributed by atoms with van der Waals surface area (Å²) in [6.45, 7) is 6.79. The molecule has 1 rings (SSSR count). The third-order valence-corrected chi connectivity index (χ3v) is 2.93. The van der Waals surface area contributed by atoms with Gasteiger partial charge in [-0.05, 0) is 51.1 Å². The molecule has 0 aromatic heterocycles. The Morgan fingerprint density at radius 3 is 2.39 bits per heavy atom. The van der Waals surface area contributed by atoms with Crippen LogP contribution in [0.25, 0.3) is 0 Å². The molecule has 0 aliphatic rings. The van der Waals surface area contributed by atoms with Crippen LogP contribution in [0.4, 0.5) is 0 Å². The summed E-state index contributed by atoms with van der Waals surface area (Å²) >= 11 is 0. The number of carboxylic acid groups (broad SMARTS) is 1. The summed E-state index contributed by atoms with van der Waals surface area (Å²) in [4.78, 5) is 12.5. The van der Waals surface area contributed by atoms with Crippen molar-refractivity contribution in [2.75, 3.05) is 20.2 Å². The van der Waals surface area contributed by atoms with Crippen LogP contribution in [0.15, 0.2) is 18.2 Å². The molecule has 0 saturated heterocycles. The van der Waals surface area contributed by atoms with Gasteiger partial charge in [-0.1, -0.05) is 6.07 Å². The molecule has 1 N–H and O–H groups in total. The van der Waals surface area contributed by atoms with Crippen LogP contribution in [-0.2, 0) is 4.79 Å². The van der Waals surface area contributed by atoms with Crippen molar-refractivity contribution in [3.8, 4) is 5.75 Å². The standard InChI is InChI=1S/C14H21NO3/c1-10-7-11(2)9-13(8-10)18-6-5-15(4)12(3)14(16)17/h7-9,12H,5-6H2,1-4H3,(H,16,17). The van der Waals surface area contributed by atoms with Crippen LogP contribution in [-0.4, -0.2) is 42.2 Å². The molecule has 0 radical (unpaired) electrons. The second-order valence-electron chi connectivity index (χ2n) is 4.67. The molecule has 0 bridgehead atoms. The van der Waals surface area contributed by atoms with E-state index in [4.69, 9.17) is 9.84 Å². The Hall–Kier alpha value is -1.55. The lowest BCUT2D eigenvalue weighted by molar-refractivity contribution is -0.142. The van der Waals surface area contributed by atoms with Crippen LogP contribution >= 0.6 is 0 Å². The van der Waals surface area contributed by atoms with Gasteiger partial charge in [0.25, 0.3) is 0 Å². The number of hydrogen-bond acceptors (Lipinski definition) is 3. The Labute approximate surface area is 108 Å². The number of likely N-dealkylation sites (N-methyl/N-ethyl adjacent to an activating group) is 1. The van der Waals surface area contributed by atoms with Gasteiger partial charge in [0.1, 0.15) is 18.4 Å². The van der Waals surface area contributed by atoms with Gasteiger partial charge < -0.3 is 9.84 Å². The number of aryl methyl sites for hydroxylation is 2. The Kier molecular flexibility index (Phi) is 5.16. The number of carbonyl (C=O) groups is 1. The second kappa shape index (κ2) is 6.40. The highest BCUT2D eigenvalue weighted by Crippen LogP contribution is 2.16. The SMILES string of the molecule is Cc1cc(C)cc(OCCN(C)C(C)C(=O)O)c1. The van der Waals surface area contributed by atoms with E-state index in [9.17, 15) is 4.79 Å². The number of rotatable bonds is 6. The number of ether oxygens (including phenoxy) is 1. The van der Waals surface area contributed by atoms with Crippen LogP contribution in [0.2, 0.25) is 0 Å². The quantitative estimate of drug-likeness (QED) is 0.841. The first-order chi connectivity index (χ1) is 8.40. The van der Waals surface area contributed by atoms with E-state index < -0.39 is 12.0 Å². The third kappa shape index (κ3) is 4.37. The summed E-state index contributed by atoms with van der Waals surface area (Å²) in [5, 5.41) is 8.86. The summed E-state index contributed by atoms with van der Waals surface area (Å²) in [6.07, 6.45) is 0. The molecule has 100 valence electrons. The van der Waals surface area contributed by atoms with Gasteiger partial charge in [-0.25, -0.2) is 0 Å². The van der Waals surface area contributed by atoms with E-state index in [1.807, 2.05) is 26.0 Å². The molecule has 0 heterocycles. The molecule has 4 nitrogen and oxygen atoms in total. The zero-order valence-electron chi connectivity index (χ0n) is 11.4. The largest absolute Gasteiger partial charge is 0.492 e. The summed E-state index contributed by atoms with van der Waals surface area (Å²) in [6, 6.07) is 5.56. The van der Waals surface area contributed by atoms with E-state index in [1.54, 1.807) is 18.9 Å². The molecule has 1 atom stereocenters. The second-order valence-corrected chi connectivity index (χ2v) is 4.67. The number of aliphatic carboxylic acids is 1. The molecule has 0 aliphatic carbocycles. The predicted molar refractivity (Wildman–Crippen MR) is 71.1 cm³/mol. The van der Waals surface area contributed by atoms with E-state index in [0.29, 0.717) is 13.2 Å². The maximum atomic E-state index is 10.8. The van der Waals surface area contributed by atoms with Crippen LogP contribution in [0, 0.1) is 13.8 Å². The Morgan fingerprint density at radius 2 is 1.89 bits per heavy atom. The van der Waals surface area contributed by atoms with E-state index in [1.165, 1.54) is 0 Å². The van der Waals surface area contributed by atoms with Gasteiger partial charge in [0.15, 0.2) is 0 Å². The first-order valence-corrected chi connectivity index (χ1v) is 6.04. The fraction of sp³-hybridized carbons (Fsp3) is 0.500. The van der Waals surface area contributed by atoms with Crippen molar-refractivity contribution < 1.29 is 14.6 Å². The van der Waals surface area contributed by atoms with E-state index in [0.717, 1.165) is 16.9 Å². The molecule has 0 spiro atoms. The predicted octanol–water partition coefficient (Wildman–Crippen LogP) is 2.09. The van der Waals surface area contributed by atoms with Crippen molar-refractivity contribution in [2.24, 2.45) is 0 Å². The van der Waals surface area contributed by atoms with Crippen molar-refractivity contribution in [3.05, 3.63) is 29.3 Å². The molecule has 1 aromatic carbocycles. The summed E-state index contributed by atoms with van der Waals surface area (Å²) in [5.41, 5.74) is 2.33. The van der Waals surface area contributed by atoms with Gasteiger partial charge in [0.2, 0.25) is 0 Å². The monoisotopic (exact) mass is 251 g/mol. The highest BCUT2D eigenvalue weighted by Gasteiger charge is 2.16. The molecule has 1 aromatic rings. The Bertz CT molecular complexity index is 397. The number of nitrogens with zero attached hydrogens (tertiary/aromatic N) is 1. The lowest BCUT2D eigenvalue weighted by Crippen LogP contribution is -2.38. The Balaban J connectivity index is 2.44. The van der Waals surface area contributed by atoms with Gasteiger partial charge in [-0.3, -0.25) is 9.69 Å². The topological polar surface area (TPSA) is 49.8 Å². The maximum Gasteiger partial charge on any atom is 0.320 e. The average Bonchev–Trinajstić information content (AvgIpc) is 2.26. The normalized spacial score (nSPS) is 12.5. The summed E-state index contributed by atoms with van der Waals surface area (Å²) in [5.74, 6) is 0.0211. The Morgan fingerprint density at radius 1 is 1.33 bits per heavy atom. The summed E-state index contributed by atoms with van der Waals surface area (Å²) < 4.78 is 5.63. The van der Waals surface area contributed by atoms with Gasteiger partial charge >= 0.3 is 5.97 Å². The molecule has 4 heteroatoms. The summed E-state index contributed by atoms with van der Waals surface area (Å²) in [7, 11) is 1.78. The zero-order valence-corrected chi connectivity index (χ0v) is 11.4. The first kappa shape index (κ1) is 14.5. The number of benzene rings is 1. The molecule has 18 heavy (non-hydrogen) atoms. The number of carboxylic acids is 1. The van der Waals surface area contributed by atoms with Gasteiger partial charge in [-0.2, -0.15) is 0 Å². The number of hydrogen-bond donors (Lipinski definition) is 1. The maximum absolute atomic E-state index is 10.8. The van der Waals surface area contributed by atoms with Crippen LogP contribution in [0.5, 0.6) is 5.75 Å². The molecule has 0 saturated carbocycles. The molecule has 0 fully saturated rings. The van der Waals surface area contributed by atoms with E-state index in [-0.39, 0.29) is 0 Å². The van der Waals surface area contributed by atoms with E-state index in [2.05, 4.69) is 6.07 Å². The fourth-order valence-electron chi connectivity index (χ4n) is 1.71. The molecule has 0 aliphatic heterocycles. The average molecular weight is 251 g/mol. The van der Waals surface area contributed by atoms with Gasteiger partial charge in [-0.15, -0.1) is 0 Å². The minimum atomic E-state index is -0.816. The minimum absolute atomic E-state index is 0.483. The lowest BCUT2D eigenvalue weighted by atomic mass is 10.1. The molecular formula is C14H21NO3. The van der Waals surface area contributed by atoms with Crippen molar-refractivity contribution in [1.29, 1.82) is 0 Å². The zero-order chi connectivity index (χ0) is 13.7. The van der Waals surface area contributed by atoms with Crippen molar-refractivity contribution in [3.63, 3.8) is 0 Å². The van der Waals surface area contributed by atoms with E-state index >= 15 is 0 Å². The highest BCUT2D eigenvalue weighted by atomic mass is 16.5. The van der Waals surface area contributed by atoms with Gasteiger partial charge in [0, 0.05) is 6.54 Å². The van der Waals surface area contributed by atoms with Crippen LogP contribution in [0.3, 0.4) is 0 Å². The molecule has 0 amide bonds. The molecule has 1 unspecified atom stereocenters. The lowest BCUT2D eigenvalue weighted by Gasteiger charge is -2.21. The first-order valence-electron chi connectivity index (χ1n) is 6.04. The van der Waals surface area contributed by atoms with Crippen LogP contribution < -0.4 is 4.74 Å². The minimum Gasteiger partial charge on any atom is -0.492 e. The van der Waals surface area contributed by atoms with Crippen LogP contribution in [0.1, 0.15) is 18.1 Å². The van der Waals surface area contributed by atoms with Gasteiger partial charge in [0.05, 0.1) is 0 Å². The fourth-order valence-corrected chi connectivity index (χ4v) is 1.71. The van der Waals surface area contributed by atoms with Crippen molar-refractivity contribution in [1.82, 2.24) is 4.90 Å².